The van der Waals surface area contributed by atoms with Gasteiger partial charge < -0.3 is 5.43 Å². The van der Waals surface area contributed by atoms with Crippen LogP contribution in [-0.2, 0) is 0 Å². The number of nitrogens with zero attached hydrogens (tertiary/aromatic N) is 1. The van der Waals surface area contributed by atoms with Gasteiger partial charge >= 0.3 is 0 Å². The number of aromatic nitrogens is 1. The van der Waals surface area contributed by atoms with E-state index in [1.807, 2.05) is 20.8 Å². The minimum absolute atomic E-state index is 0.182. The predicted molar refractivity (Wildman–Crippen MR) is 68.3 cm³/mol. The number of benzene rings is 1. The van der Waals surface area contributed by atoms with Gasteiger partial charge in [0.25, 0.3) is 0 Å². The van der Waals surface area contributed by atoms with E-state index in [4.69, 9.17) is 5.84 Å². The van der Waals surface area contributed by atoms with E-state index >= 15 is 0 Å². The Balaban J connectivity index is 2.89. The highest BCUT2D eigenvalue weighted by molar-refractivity contribution is 5.93. The maximum absolute atomic E-state index is 13.3. The fourth-order valence-corrected chi connectivity index (χ4v) is 2.26. The largest absolute Gasteiger partial charge is 0.323 e. The van der Waals surface area contributed by atoms with Crippen molar-refractivity contribution in [2.45, 2.75) is 26.7 Å². The molecule has 3 nitrogen and oxygen atoms in total. The monoisotopic (exact) mass is 251 g/mol. The number of nitrogens with two attached hydrogens (primary N) is 1. The number of hydrazine groups is 1. The lowest BCUT2D eigenvalue weighted by molar-refractivity contribution is 0.510. The number of fused-ring (bicyclic) bond motifs is 1. The summed E-state index contributed by atoms with van der Waals surface area (Å²) in [5.41, 5.74) is 5.25. The number of anilines is 1. The quantitative estimate of drug-likeness (QED) is 0.636. The molecule has 0 saturated carbocycles. The number of halogens is 2. The highest BCUT2D eigenvalue weighted by atomic mass is 19.2. The van der Waals surface area contributed by atoms with E-state index in [1.165, 1.54) is 0 Å². The van der Waals surface area contributed by atoms with Crippen LogP contribution in [0.5, 0.6) is 0 Å². The van der Waals surface area contributed by atoms with E-state index in [0.717, 1.165) is 23.4 Å². The van der Waals surface area contributed by atoms with Crippen LogP contribution < -0.4 is 11.3 Å². The number of hydrogen-bond donors (Lipinski definition) is 2. The van der Waals surface area contributed by atoms with Crippen molar-refractivity contribution < 1.29 is 8.78 Å². The molecule has 18 heavy (non-hydrogen) atoms. The third-order valence-electron chi connectivity index (χ3n) is 2.98. The Morgan fingerprint density at radius 2 is 1.83 bits per heavy atom. The Bertz CT molecular complexity index is 609. The molecule has 96 valence electrons. The van der Waals surface area contributed by atoms with Crippen molar-refractivity contribution in [2.24, 2.45) is 5.84 Å². The second kappa shape index (κ2) is 4.49. The van der Waals surface area contributed by atoms with Crippen LogP contribution in [-0.4, -0.2) is 4.98 Å². The summed E-state index contributed by atoms with van der Waals surface area (Å²) in [5.74, 6) is 3.89. The van der Waals surface area contributed by atoms with Gasteiger partial charge in [-0.25, -0.2) is 8.78 Å². The SMILES string of the molecule is Cc1nc2cc(F)c(F)cc2c(NN)c1C(C)C. The molecule has 0 amide bonds. The smallest absolute Gasteiger partial charge is 0.161 e. The first-order chi connectivity index (χ1) is 8.45. The van der Waals surface area contributed by atoms with Gasteiger partial charge in [0.05, 0.1) is 11.2 Å². The maximum Gasteiger partial charge on any atom is 0.161 e. The summed E-state index contributed by atoms with van der Waals surface area (Å²) < 4.78 is 26.5. The van der Waals surface area contributed by atoms with Gasteiger partial charge in [0, 0.05) is 22.7 Å². The molecule has 1 heterocycles. The molecule has 0 atom stereocenters. The van der Waals surface area contributed by atoms with E-state index in [2.05, 4.69) is 10.4 Å². The third-order valence-corrected chi connectivity index (χ3v) is 2.98. The van der Waals surface area contributed by atoms with Crippen molar-refractivity contribution >= 4 is 16.6 Å². The summed E-state index contributed by atoms with van der Waals surface area (Å²) >= 11 is 0. The third kappa shape index (κ3) is 1.90. The van der Waals surface area contributed by atoms with Gasteiger partial charge in [0.2, 0.25) is 0 Å². The number of rotatable bonds is 2. The zero-order valence-electron chi connectivity index (χ0n) is 10.5. The van der Waals surface area contributed by atoms with E-state index in [1.54, 1.807) is 0 Å². The molecule has 5 heteroatoms. The molecular weight excluding hydrogens is 236 g/mol. The Hall–Kier alpha value is -1.75. The molecule has 1 aromatic carbocycles. The molecule has 2 rings (SSSR count). The number of nitrogen functional groups attached to an aromatic ring is 1. The predicted octanol–water partition coefficient (Wildman–Crippen LogP) is 3.23. The zero-order chi connectivity index (χ0) is 13.4. The van der Waals surface area contributed by atoms with E-state index in [9.17, 15) is 8.78 Å². The molecule has 2 aromatic rings. The van der Waals surface area contributed by atoms with Crippen LogP contribution in [0.4, 0.5) is 14.5 Å². The molecule has 0 fully saturated rings. The number of pyridine rings is 1. The lowest BCUT2D eigenvalue weighted by Gasteiger charge is -2.17. The highest BCUT2D eigenvalue weighted by Gasteiger charge is 2.16. The number of aryl methyl sites for hydroxylation is 1. The van der Waals surface area contributed by atoms with Gasteiger partial charge in [-0.15, -0.1) is 0 Å². The van der Waals surface area contributed by atoms with Crippen LogP contribution in [0.2, 0.25) is 0 Å². The van der Waals surface area contributed by atoms with Gasteiger partial charge in [-0.3, -0.25) is 10.8 Å². The van der Waals surface area contributed by atoms with Gasteiger partial charge in [0.15, 0.2) is 11.6 Å². The fraction of sp³-hybridized carbons (Fsp3) is 0.308. The molecule has 0 bridgehead atoms. The molecule has 0 aliphatic carbocycles. The minimum Gasteiger partial charge on any atom is -0.323 e. The summed E-state index contributed by atoms with van der Waals surface area (Å²) in [6, 6.07) is 2.21. The van der Waals surface area contributed by atoms with Gasteiger partial charge in [-0.1, -0.05) is 13.8 Å². The molecule has 0 aliphatic heterocycles. The lowest BCUT2D eigenvalue weighted by atomic mass is 9.97. The second-order valence-electron chi connectivity index (χ2n) is 4.57. The van der Waals surface area contributed by atoms with Crippen LogP contribution in [0, 0.1) is 18.6 Å². The summed E-state index contributed by atoms with van der Waals surface area (Å²) in [6.07, 6.45) is 0. The van der Waals surface area contributed by atoms with Gasteiger partial charge in [-0.2, -0.15) is 0 Å². The average molecular weight is 251 g/mol. The Morgan fingerprint density at radius 1 is 1.22 bits per heavy atom. The van der Waals surface area contributed by atoms with Crippen LogP contribution in [0.3, 0.4) is 0 Å². The molecule has 3 N–H and O–H groups in total. The van der Waals surface area contributed by atoms with E-state index in [0.29, 0.717) is 16.6 Å². The van der Waals surface area contributed by atoms with Crippen molar-refractivity contribution in [3.63, 3.8) is 0 Å². The molecule has 1 aromatic heterocycles. The summed E-state index contributed by atoms with van der Waals surface area (Å²) in [5, 5.41) is 0.491. The first kappa shape index (κ1) is 12.7. The fourth-order valence-electron chi connectivity index (χ4n) is 2.26. The molecule has 0 aliphatic rings. The topological polar surface area (TPSA) is 50.9 Å². The maximum atomic E-state index is 13.3. The van der Waals surface area contributed by atoms with Crippen LogP contribution in [0.1, 0.15) is 31.0 Å². The Kier molecular flexibility index (Phi) is 3.17. The first-order valence-electron chi connectivity index (χ1n) is 5.71. The van der Waals surface area contributed by atoms with Crippen molar-refractivity contribution in [1.29, 1.82) is 0 Å². The molecular formula is C13H15F2N3. The first-order valence-corrected chi connectivity index (χ1v) is 5.71. The van der Waals surface area contributed by atoms with Crippen LogP contribution >= 0.6 is 0 Å². The van der Waals surface area contributed by atoms with Crippen molar-refractivity contribution in [1.82, 2.24) is 4.98 Å². The molecule has 0 unspecified atom stereocenters. The molecule has 0 spiro atoms. The summed E-state index contributed by atoms with van der Waals surface area (Å²) in [4.78, 5) is 4.31. The Labute approximate surface area is 104 Å². The lowest BCUT2D eigenvalue weighted by Crippen LogP contribution is -2.13. The van der Waals surface area contributed by atoms with Crippen LogP contribution in [0.15, 0.2) is 12.1 Å². The van der Waals surface area contributed by atoms with Gasteiger partial charge in [-0.05, 0) is 18.9 Å². The molecule has 0 radical (unpaired) electrons. The molecule has 0 saturated heterocycles. The average Bonchev–Trinajstić information content (AvgIpc) is 2.29. The number of hydrogen-bond acceptors (Lipinski definition) is 3. The standard InChI is InChI=1S/C13H15F2N3/c1-6(2)12-7(3)17-11-5-10(15)9(14)4-8(11)13(12)18-16/h4-6H,16H2,1-3H3,(H,17,18). The second-order valence-corrected chi connectivity index (χ2v) is 4.57. The number of nitrogens with one attached hydrogen (secondary N) is 1. The minimum atomic E-state index is -0.908. The van der Waals surface area contributed by atoms with Gasteiger partial charge in [0.1, 0.15) is 0 Å². The summed E-state index contributed by atoms with van der Waals surface area (Å²) in [6.45, 7) is 5.82. The van der Waals surface area contributed by atoms with Crippen molar-refractivity contribution in [3.8, 4) is 0 Å². The highest BCUT2D eigenvalue weighted by Crippen LogP contribution is 2.33. The van der Waals surface area contributed by atoms with Crippen molar-refractivity contribution in [3.05, 3.63) is 35.0 Å². The normalized spacial score (nSPS) is 11.3. The van der Waals surface area contributed by atoms with E-state index in [-0.39, 0.29) is 5.92 Å². The summed E-state index contributed by atoms with van der Waals surface area (Å²) in [7, 11) is 0. The zero-order valence-corrected chi connectivity index (χ0v) is 10.5. The van der Waals surface area contributed by atoms with Crippen molar-refractivity contribution in [2.75, 3.05) is 5.43 Å². The Morgan fingerprint density at radius 3 is 2.39 bits per heavy atom. The van der Waals surface area contributed by atoms with Crippen LogP contribution in [0.25, 0.3) is 10.9 Å². The van der Waals surface area contributed by atoms with E-state index < -0.39 is 11.6 Å².